The highest BCUT2D eigenvalue weighted by Crippen LogP contribution is 2.20. The van der Waals surface area contributed by atoms with Gasteiger partial charge in [0.05, 0.1) is 0 Å². The van der Waals surface area contributed by atoms with Gasteiger partial charge in [-0.25, -0.2) is 0 Å². The summed E-state index contributed by atoms with van der Waals surface area (Å²) in [5.74, 6) is 0. The minimum Gasteiger partial charge on any atom is -0.314 e. The number of nitrogens with zero attached hydrogens (tertiary/aromatic N) is 2. The maximum Gasteiger partial charge on any atom is 0.189 e. The van der Waals surface area contributed by atoms with Crippen LogP contribution < -0.4 is 20.7 Å². The second kappa shape index (κ2) is 9.84. The van der Waals surface area contributed by atoms with E-state index < -0.39 is 16.5 Å². The van der Waals surface area contributed by atoms with Gasteiger partial charge < -0.3 is 9.13 Å². The summed E-state index contributed by atoms with van der Waals surface area (Å²) in [6.45, 7) is 9.50. The van der Waals surface area contributed by atoms with Crippen LogP contribution in [0.25, 0.3) is 0 Å². The monoisotopic (exact) mass is 478 g/mol. The second-order valence-electron chi connectivity index (χ2n) is 9.58. The Morgan fingerprint density at radius 2 is 0.588 bits per heavy atom. The Morgan fingerprint density at radius 3 is 0.794 bits per heavy atom. The van der Waals surface area contributed by atoms with Gasteiger partial charge in [0.25, 0.3) is 0 Å². The van der Waals surface area contributed by atoms with E-state index in [0.717, 1.165) is 26.2 Å². The Hall–Kier alpha value is -2.77. The molecule has 5 rings (SSSR count). The summed E-state index contributed by atoms with van der Waals surface area (Å²) in [7, 11) is -4.05. The molecule has 4 aromatic carbocycles. The van der Waals surface area contributed by atoms with Crippen LogP contribution in [-0.4, -0.2) is 51.8 Å². The Bertz CT molecular complexity index is 1000. The van der Waals surface area contributed by atoms with E-state index in [2.05, 4.69) is 144 Å². The molecule has 0 N–H and O–H groups in total. The van der Waals surface area contributed by atoms with E-state index in [9.17, 15) is 0 Å². The van der Waals surface area contributed by atoms with Crippen molar-refractivity contribution in [1.29, 1.82) is 0 Å². The number of hydrogen-bond acceptors (Lipinski definition) is 2. The van der Waals surface area contributed by atoms with Crippen molar-refractivity contribution in [3.8, 4) is 0 Å². The van der Waals surface area contributed by atoms with Crippen LogP contribution in [0, 0.1) is 0 Å². The van der Waals surface area contributed by atoms with Crippen molar-refractivity contribution in [1.82, 2.24) is 9.13 Å². The van der Waals surface area contributed by atoms with E-state index in [4.69, 9.17) is 0 Å². The lowest BCUT2D eigenvalue weighted by Crippen LogP contribution is -2.76. The first kappa shape index (κ1) is 23.0. The normalized spacial score (nSPS) is 15.8. The Kier molecular flexibility index (Phi) is 6.66. The van der Waals surface area contributed by atoms with Gasteiger partial charge in [-0.1, -0.05) is 121 Å². The highest BCUT2D eigenvalue weighted by Gasteiger charge is 2.44. The lowest BCUT2D eigenvalue weighted by Gasteiger charge is -2.50. The van der Waals surface area contributed by atoms with Gasteiger partial charge in [0, 0.05) is 26.2 Å². The molecule has 0 unspecified atom stereocenters. The van der Waals surface area contributed by atoms with E-state index >= 15 is 0 Å². The second-order valence-corrected chi connectivity index (χ2v) is 17.4. The standard InChI is InChI=1S/C30H34N2Si2/c1-33(27-15-7-3-8-16-27,28-17-9-4-10-18-28)31-23-25-32(26-24-31)34(2,29-19-11-5-12-20-29)30-21-13-6-14-22-30/h3-22H,23-26H2,1-2H3. The van der Waals surface area contributed by atoms with Crippen molar-refractivity contribution in [2.24, 2.45) is 0 Å². The van der Waals surface area contributed by atoms with Crippen molar-refractivity contribution in [3.63, 3.8) is 0 Å². The third kappa shape index (κ3) is 4.12. The summed E-state index contributed by atoms with van der Waals surface area (Å²) in [4.78, 5) is 0. The third-order valence-electron chi connectivity index (χ3n) is 7.89. The zero-order chi connectivity index (χ0) is 23.4. The molecule has 1 aliphatic rings. The molecule has 172 valence electrons. The fourth-order valence-electron chi connectivity index (χ4n) is 5.72. The van der Waals surface area contributed by atoms with Crippen LogP contribution in [0.15, 0.2) is 121 Å². The van der Waals surface area contributed by atoms with E-state index in [-0.39, 0.29) is 0 Å². The molecule has 0 radical (unpaired) electrons. The molecule has 1 aliphatic heterocycles. The number of hydrogen-bond donors (Lipinski definition) is 0. The van der Waals surface area contributed by atoms with Crippen LogP contribution in [0.2, 0.25) is 13.1 Å². The van der Waals surface area contributed by atoms with Crippen LogP contribution >= 0.6 is 0 Å². The lowest BCUT2D eigenvalue weighted by atomic mass is 10.4. The van der Waals surface area contributed by atoms with E-state index in [1.807, 2.05) is 0 Å². The number of benzene rings is 4. The maximum absolute atomic E-state index is 2.83. The molecular weight excluding hydrogens is 445 g/mol. The van der Waals surface area contributed by atoms with Crippen LogP contribution in [-0.2, 0) is 0 Å². The maximum atomic E-state index is 2.83. The smallest absolute Gasteiger partial charge is 0.189 e. The van der Waals surface area contributed by atoms with Crippen LogP contribution in [0.4, 0.5) is 0 Å². The molecule has 0 aromatic heterocycles. The molecule has 1 fully saturated rings. The molecule has 0 saturated carbocycles. The first-order valence-corrected chi connectivity index (χ1v) is 17.2. The van der Waals surface area contributed by atoms with Gasteiger partial charge in [-0.2, -0.15) is 0 Å². The van der Waals surface area contributed by atoms with Gasteiger partial charge in [0.15, 0.2) is 16.5 Å². The van der Waals surface area contributed by atoms with Crippen molar-refractivity contribution < 1.29 is 0 Å². The molecule has 2 nitrogen and oxygen atoms in total. The Labute approximate surface area is 206 Å². The first-order valence-electron chi connectivity index (χ1n) is 12.4. The summed E-state index contributed by atoms with van der Waals surface area (Å²) in [6.07, 6.45) is 0. The summed E-state index contributed by atoms with van der Waals surface area (Å²) in [6, 6.07) is 44.9. The molecule has 0 aliphatic carbocycles. The summed E-state index contributed by atoms with van der Waals surface area (Å²) >= 11 is 0. The summed E-state index contributed by atoms with van der Waals surface area (Å²) < 4.78 is 5.66. The zero-order valence-electron chi connectivity index (χ0n) is 20.3. The summed E-state index contributed by atoms with van der Waals surface area (Å²) in [5, 5.41) is 6.00. The van der Waals surface area contributed by atoms with Gasteiger partial charge in [-0.05, 0) is 33.8 Å². The van der Waals surface area contributed by atoms with Crippen LogP contribution in [0.1, 0.15) is 0 Å². The number of piperazine rings is 1. The Morgan fingerprint density at radius 1 is 0.382 bits per heavy atom. The molecule has 0 spiro atoms. The van der Waals surface area contributed by atoms with Crippen LogP contribution in [0.3, 0.4) is 0 Å². The topological polar surface area (TPSA) is 6.48 Å². The zero-order valence-corrected chi connectivity index (χ0v) is 22.3. The number of rotatable bonds is 6. The SMILES string of the molecule is C[Si](c1ccccc1)(c1ccccc1)N1CCN([Si](C)(c2ccccc2)c2ccccc2)CC1. The molecule has 0 amide bonds. The van der Waals surface area contributed by atoms with Gasteiger partial charge in [-0.15, -0.1) is 0 Å². The molecule has 4 heteroatoms. The van der Waals surface area contributed by atoms with Crippen molar-refractivity contribution in [3.05, 3.63) is 121 Å². The molecule has 34 heavy (non-hydrogen) atoms. The minimum atomic E-state index is -2.03. The molecule has 0 bridgehead atoms. The predicted octanol–water partition coefficient (Wildman–Crippen LogP) is 3.38. The van der Waals surface area contributed by atoms with Crippen molar-refractivity contribution >= 4 is 37.2 Å². The van der Waals surface area contributed by atoms with Gasteiger partial charge >= 0.3 is 0 Å². The largest absolute Gasteiger partial charge is 0.314 e. The van der Waals surface area contributed by atoms with Gasteiger partial charge in [0.2, 0.25) is 0 Å². The highest BCUT2D eigenvalue weighted by molar-refractivity contribution is 7.00. The fraction of sp³-hybridized carbons (Fsp3) is 0.200. The minimum absolute atomic E-state index is 1.11. The average molecular weight is 479 g/mol. The van der Waals surface area contributed by atoms with Gasteiger partial charge in [0.1, 0.15) is 0 Å². The molecule has 1 heterocycles. The predicted molar refractivity (Wildman–Crippen MR) is 151 cm³/mol. The Balaban J connectivity index is 1.48. The van der Waals surface area contributed by atoms with Crippen molar-refractivity contribution in [2.75, 3.05) is 26.2 Å². The van der Waals surface area contributed by atoms with Crippen LogP contribution in [0.5, 0.6) is 0 Å². The van der Waals surface area contributed by atoms with E-state index in [0.29, 0.717) is 0 Å². The average Bonchev–Trinajstić information content (AvgIpc) is 2.94. The highest BCUT2D eigenvalue weighted by atomic mass is 28.3. The molecule has 1 saturated heterocycles. The van der Waals surface area contributed by atoms with Gasteiger partial charge in [-0.3, -0.25) is 0 Å². The lowest BCUT2D eigenvalue weighted by molar-refractivity contribution is 0.269. The van der Waals surface area contributed by atoms with E-state index in [1.54, 1.807) is 0 Å². The first-order chi connectivity index (χ1) is 16.6. The molecule has 0 atom stereocenters. The van der Waals surface area contributed by atoms with Crippen molar-refractivity contribution in [2.45, 2.75) is 13.1 Å². The fourth-order valence-corrected chi connectivity index (χ4v) is 13.4. The third-order valence-corrected chi connectivity index (χ3v) is 17.1. The molecular formula is C30H34N2Si2. The summed E-state index contributed by atoms with van der Waals surface area (Å²) in [5.41, 5.74) is 0. The quantitative estimate of drug-likeness (QED) is 0.392. The van der Waals surface area contributed by atoms with E-state index in [1.165, 1.54) is 20.7 Å². The molecule has 4 aromatic rings.